The molecule has 0 aromatic carbocycles. The molecule has 1 amide bonds. The van der Waals surface area contributed by atoms with E-state index in [1.54, 1.807) is 0 Å². The lowest BCUT2D eigenvalue weighted by Gasteiger charge is -2.28. The first-order valence-corrected chi connectivity index (χ1v) is 7.08. The summed E-state index contributed by atoms with van der Waals surface area (Å²) in [5.74, 6) is 1.55. The SMILES string of the molecule is CC1(CN2CCC(Br)C2=O)CCCS1. The van der Waals surface area contributed by atoms with E-state index in [1.807, 2.05) is 16.7 Å². The predicted octanol–water partition coefficient (Wildman–Crippen LogP) is 2.27. The lowest BCUT2D eigenvalue weighted by molar-refractivity contribution is -0.127. The van der Waals surface area contributed by atoms with Crippen LogP contribution < -0.4 is 0 Å². The normalized spacial score (nSPS) is 38.3. The van der Waals surface area contributed by atoms with Gasteiger partial charge in [0.05, 0.1) is 4.83 Å². The van der Waals surface area contributed by atoms with Crippen LogP contribution in [0.2, 0.25) is 0 Å². The van der Waals surface area contributed by atoms with Crippen molar-refractivity contribution >= 4 is 33.6 Å². The number of nitrogens with zero attached hydrogens (tertiary/aromatic N) is 1. The molecule has 2 aliphatic heterocycles. The summed E-state index contributed by atoms with van der Waals surface area (Å²) >= 11 is 5.44. The maximum atomic E-state index is 11.7. The molecule has 14 heavy (non-hydrogen) atoms. The Morgan fingerprint density at radius 1 is 1.71 bits per heavy atom. The van der Waals surface area contributed by atoms with Gasteiger partial charge in [0.2, 0.25) is 5.91 Å². The van der Waals surface area contributed by atoms with E-state index in [2.05, 4.69) is 22.9 Å². The Morgan fingerprint density at radius 3 is 3.00 bits per heavy atom. The fraction of sp³-hybridized carbons (Fsp3) is 0.900. The zero-order valence-electron chi connectivity index (χ0n) is 8.46. The van der Waals surface area contributed by atoms with Crippen molar-refractivity contribution in [3.05, 3.63) is 0 Å². The second-order valence-electron chi connectivity index (χ2n) is 4.42. The van der Waals surface area contributed by atoms with Crippen LogP contribution in [0.25, 0.3) is 0 Å². The van der Waals surface area contributed by atoms with Gasteiger partial charge in [-0.2, -0.15) is 11.8 Å². The number of rotatable bonds is 2. The lowest BCUT2D eigenvalue weighted by Crippen LogP contribution is -2.39. The van der Waals surface area contributed by atoms with Crippen LogP contribution in [0.4, 0.5) is 0 Å². The number of alkyl halides is 1. The molecule has 2 saturated heterocycles. The van der Waals surface area contributed by atoms with Gasteiger partial charge in [0.25, 0.3) is 0 Å². The molecule has 2 atom stereocenters. The highest BCUT2D eigenvalue weighted by molar-refractivity contribution is 9.10. The summed E-state index contributed by atoms with van der Waals surface area (Å²) in [6.07, 6.45) is 3.54. The van der Waals surface area contributed by atoms with E-state index in [0.29, 0.717) is 10.7 Å². The number of thioether (sulfide) groups is 1. The maximum absolute atomic E-state index is 11.7. The largest absolute Gasteiger partial charge is 0.340 e. The molecule has 2 rings (SSSR count). The van der Waals surface area contributed by atoms with Gasteiger partial charge < -0.3 is 4.90 Å². The van der Waals surface area contributed by atoms with Gasteiger partial charge in [-0.05, 0) is 31.9 Å². The van der Waals surface area contributed by atoms with Crippen molar-refractivity contribution in [3.8, 4) is 0 Å². The Labute approximate surface area is 97.9 Å². The summed E-state index contributed by atoms with van der Waals surface area (Å²) in [7, 11) is 0. The van der Waals surface area contributed by atoms with E-state index >= 15 is 0 Å². The lowest BCUT2D eigenvalue weighted by atomic mass is 10.1. The third kappa shape index (κ3) is 2.11. The van der Waals surface area contributed by atoms with Crippen LogP contribution >= 0.6 is 27.7 Å². The van der Waals surface area contributed by atoms with Crippen LogP contribution in [-0.2, 0) is 4.79 Å². The van der Waals surface area contributed by atoms with Gasteiger partial charge in [0.1, 0.15) is 0 Å². The molecule has 0 aliphatic carbocycles. The van der Waals surface area contributed by atoms with Gasteiger partial charge in [-0.25, -0.2) is 0 Å². The van der Waals surface area contributed by atoms with Gasteiger partial charge in [-0.3, -0.25) is 4.79 Å². The number of likely N-dealkylation sites (tertiary alicyclic amines) is 1. The predicted molar refractivity (Wildman–Crippen MR) is 64.0 cm³/mol. The molecule has 0 aromatic rings. The summed E-state index contributed by atoms with van der Waals surface area (Å²) in [4.78, 5) is 13.8. The fourth-order valence-electron chi connectivity index (χ4n) is 2.22. The highest BCUT2D eigenvalue weighted by atomic mass is 79.9. The topological polar surface area (TPSA) is 20.3 Å². The molecular weight excluding hydrogens is 262 g/mol. The van der Waals surface area contributed by atoms with Crippen molar-refractivity contribution in [2.24, 2.45) is 0 Å². The number of carbonyl (C=O) groups excluding carboxylic acids is 1. The Hall–Kier alpha value is 0.300. The molecule has 2 heterocycles. The molecule has 2 fully saturated rings. The average molecular weight is 278 g/mol. The van der Waals surface area contributed by atoms with Crippen molar-refractivity contribution in [3.63, 3.8) is 0 Å². The van der Waals surface area contributed by atoms with Gasteiger partial charge in [-0.1, -0.05) is 15.9 Å². The third-order valence-electron chi connectivity index (χ3n) is 3.06. The molecule has 2 nitrogen and oxygen atoms in total. The van der Waals surface area contributed by atoms with Crippen molar-refractivity contribution in [2.75, 3.05) is 18.8 Å². The van der Waals surface area contributed by atoms with Gasteiger partial charge in [-0.15, -0.1) is 0 Å². The number of carbonyl (C=O) groups is 1. The molecule has 2 unspecified atom stereocenters. The standard InChI is InChI=1S/C10H16BrNOS/c1-10(4-2-6-14-10)7-12-5-3-8(11)9(12)13/h8H,2-7H2,1H3. The van der Waals surface area contributed by atoms with Crippen LogP contribution in [0.15, 0.2) is 0 Å². The van der Waals surface area contributed by atoms with E-state index in [1.165, 1.54) is 18.6 Å². The second-order valence-corrected chi connectivity index (χ2v) is 7.21. The Kier molecular flexibility index (Phi) is 3.12. The molecular formula is C10H16BrNOS. The van der Waals surface area contributed by atoms with Crippen LogP contribution in [0.5, 0.6) is 0 Å². The molecule has 0 bridgehead atoms. The number of amides is 1. The summed E-state index contributed by atoms with van der Waals surface area (Å²) < 4.78 is 0.326. The van der Waals surface area contributed by atoms with E-state index in [0.717, 1.165) is 19.5 Å². The quantitative estimate of drug-likeness (QED) is 0.722. The molecule has 0 N–H and O–H groups in total. The molecule has 80 valence electrons. The first-order chi connectivity index (χ1) is 6.61. The summed E-state index contributed by atoms with van der Waals surface area (Å²) in [6.45, 7) is 4.17. The van der Waals surface area contributed by atoms with Crippen molar-refractivity contribution < 1.29 is 4.79 Å². The molecule has 0 spiro atoms. The number of halogens is 1. The maximum Gasteiger partial charge on any atom is 0.236 e. The Balaban J connectivity index is 1.94. The minimum absolute atomic E-state index is 0.0810. The van der Waals surface area contributed by atoms with Crippen LogP contribution in [0.3, 0.4) is 0 Å². The first kappa shape index (κ1) is 10.8. The van der Waals surface area contributed by atoms with E-state index in [-0.39, 0.29) is 4.83 Å². The van der Waals surface area contributed by atoms with Gasteiger partial charge in [0, 0.05) is 17.8 Å². The van der Waals surface area contributed by atoms with E-state index in [9.17, 15) is 4.79 Å². The molecule has 4 heteroatoms. The smallest absolute Gasteiger partial charge is 0.236 e. The van der Waals surface area contributed by atoms with Gasteiger partial charge in [0.15, 0.2) is 0 Å². The van der Waals surface area contributed by atoms with Gasteiger partial charge >= 0.3 is 0 Å². The molecule has 2 aliphatic rings. The monoisotopic (exact) mass is 277 g/mol. The van der Waals surface area contributed by atoms with Crippen LogP contribution in [0.1, 0.15) is 26.2 Å². The first-order valence-electron chi connectivity index (χ1n) is 5.18. The third-order valence-corrected chi connectivity index (χ3v) is 5.43. The minimum Gasteiger partial charge on any atom is -0.340 e. The van der Waals surface area contributed by atoms with Crippen molar-refractivity contribution in [2.45, 2.75) is 35.8 Å². The van der Waals surface area contributed by atoms with Crippen molar-refractivity contribution in [1.29, 1.82) is 0 Å². The zero-order chi connectivity index (χ0) is 10.2. The highest BCUT2D eigenvalue weighted by Crippen LogP contribution is 2.39. The number of hydrogen-bond donors (Lipinski definition) is 0. The molecule has 0 radical (unpaired) electrons. The van der Waals surface area contributed by atoms with Crippen molar-refractivity contribution in [1.82, 2.24) is 4.90 Å². The average Bonchev–Trinajstić information content (AvgIpc) is 2.68. The Morgan fingerprint density at radius 2 is 2.50 bits per heavy atom. The summed E-state index contributed by atoms with van der Waals surface area (Å²) in [5.41, 5.74) is 0. The minimum atomic E-state index is 0.0810. The van der Waals surface area contributed by atoms with E-state index < -0.39 is 0 Å². The molecule has 0 aromatic heterocycles. The molecule has 0 saturated carbocycles. The number of hydrogen-bond acceptors (Lipinski definition) is 2. The van der Waals surface area contributed by atoms with E-state index in [4.69, 9.17) is 0 Å². The van der Waals surface area contributed by atoms with Crippen LogP contribution in [0, 0.1) is 0 Å². The summed E-state index contributed by atoms with van der Waals surface area (Å²) in [5, 5.41) is 0. The zero-order valence-corrected chi connectivity index (χ0v) is 10.9. The second kappa shape index (κ2) is 4.05. The highest BCUT2D eigenvalue weighted by Gasteiger charge is 2.37. The summed E-state index contributed by atoms with van der Waals surface area (Å²) in [6, 6.07) is 0. The fourth-order valence-corrected chi connectivity index (χ4v) is 4.03. The Bertz CT molecular complexity index is 240. The van der Waals surface area contributed by atoms with Crippen LogP contribution in [-0.4, -0.2) is 39.2 Å².